The third kappa shape index (κ3) is 5.62. The van der Waals surface area contributed by atoms with E-state index in [1.54, 1.807) is 11.3 Å². The summed E-state index contributed by atoms with van der Waals surface area (Å²) in [6.07, 6.45) is 0. The molecule has 2 nitrogen and oxygen atoms in total. The molecule has 114 valence electrons. The second-order valence-corrected chi connectivity index (χ2v) is 8.52. The van der Waals surface area contributed by atoms with Gasteiger partial charge in [0.25, 0.3) is 0 Å². The average Bonchev–Trinajstić information content (AvgIpc) is 2.80. The van der Waals surface area contributed by atoms with Gasteiger partial charge in [0, 0.05) is 17.0 Å². The third-order valence-corrected chi connectivity index (χ3v) is 4.64. The maximum absolute atomic E-state index is 5.91. The molecule has 0 spiro atoms. The summed E-state index contributed by atoms with van der Waals surface area (Å²) in [6, 6.07) is 10.1. The van der Waals surface area contributed by atoms with Gasteiger partial charge in [0.15, 0.2) is 0 Å². The van der Waals surface area contributed by atoms with Gasteiger partial charge in [-0.2, -0.15) is 0 Å². The van der Waals surface area contributed by atoms with Gasteiger partial charge in [-0.15, -0.1) is 11.3 Å². The van der Waals surface area contributed by atoms with Crippen LogP contribution in [0.1, 0.15) is 31.2 Å². The van der Waals surface area contributed by atoms with Crippen LogP contribution in [0.15, 0.2) is 34.8 Å². The van der Waals surface area contributed by atoms with E-state index in [-0.39, 0.29) is 5.54 Å². The molecule has 0 aliphatic rings. The van der Waals surface area contributed by atoms with E-state index in [0.29, 0.717) is 6.61 Å². The van der Waals surface area contributed by atoms with E-state index in [1.807, 2.05) is 18.2 Å². The van der Waals surface area contributed by atoms with Gasteiger partial charge in [0.05, 0.1) is 8.81 Å². The summed E-state index contributed by atoms with van der Waals surface area (Å²) in [5, 5.41) is 3.47. The van der Waals surface area contributed by atoms with Gasteiger partial charge in [-0.05, 0) is 66.5 Å². The Hall–Kier alpha value is -0.550. The molecule has 0 saturated heterocycles. The molecule has 1 aromatic heterocycles. The summed E-state index contributed by atoms with van der Waals surface area (Å²) < 4.78 is 7.58. The topological polar surface area (TPSA) is 21.3 Å². The Balaban J connectivity index is 1.95. The van der Waals surface area contributed by atoms with Gasteiger partial charge >= 0.3 is 0 Å². The fourth-order valence-electron chi connectivity index (χ4n) is 1.72. The minimum Gasteiger partial charge on any atom is -0.487 e. The minimum atomic E-state index is 0.111. The lowest BCUT2D eigenvalue weighted by Gasteiger charge is -2.20. The molecular formula is C16H19BrClNOS. The molecule has 0 amide bonds. The van der Waals surface area contributed by atoms with E-state index in [2.05, 4.69) is 54.2 Å². The van der Waals surface area contributed by atoms with Gasteiger partial charge in [0.1, 0.15) is 12.4 Å². The van der Waals surface area contributed by atoms with Crippen LogP contribution < -0.4 is 10.1 Å². The largest absolute Gasteiger partial charge is 0.487 e. The predicted molar refractivity (Wildman–Crippen MR) is 94.4 cm³/mol. The van der Waals surface area contributed by atoms with Crippen molar-refractivity contribution in [2.75, 3.05) is 0 Å². The molecule has 0 aliphatic carbocycles. The summed E-state index contributed by atoms with van der Waals surface area (Å²) in [6.45, 7) is 7.85. The maximum Gasteiger partial charge on any atom is 0.134 e. The van der Waals surface area contributed by atoms with Crippen LogP contribution in [0.4, 0.5) is 0 Å². The van der Waals surface area contributed by atoms with Crippen molar-refractivity contribution >= 4 is 38.9 Å². The number of rotatable bonds is 5. The van der Waals surface area contributed by atoms with E-state index in [9.17, 15) is 0 Å². The lowest BCUT2D eigenvalue weighted by atomic mass is 10.1. The van der Waals surface area contributed by atoms with Crippen molar-refractivity contribution < 1.29 is 4.74 Å². The first-order valence-corrected chi connectivity index (χ1v) is 8.73. The quantitative estimate of drug-likeness (QED) is 0.716. The Morgan fingerprint density at radius 3 is 2.57 bits per heavy atom. The first-order chi connectivity index (χ1) is 9.83. The first-order valence-electron chi connectivity index (χ1n) is 6.74. The number of halogens is 2. The summed E-state index contributed by atoms with van der Waals surface area (Å²) >= 11 is 11.0. The van der Waals surface area contributed by atoms with Crippen LogP contribution in [0.25, 0.3) is 0 Å². The van der Waals surface area contributed by atoms with E-state index < -0.39 is 0 Å². The molecule has 1 aromatic carbocycles. The van der Waals surface area contributed by atoms with Crippen LogP contribution in [0, 0.1) is 0 Å². The SMILES string of the molecule is CC(C)(C)NCc1ccc(OCc2ccc(Cl)s2)c(Br)c1. The van der Waals surface area contributed by atoms with Crippen LogP contribution in [0.5, 0.6) is 5.75 Å². The maximum atomic E-state index is 5.91. The number of nitrogens with one attached hydrogen (secondary N) is 1. The zero-order chi connectivity index (χ0) is 15.5. The Bertz CT molecular complexity index is 607. The van der Waals surface area contributed by atoms with Crippen LogP contribution >= 0.6 is 38.9 Å². The highest BCUT2D eigenvalue weighted by atomic mass is 79.9. The number of thiophene rings is 1. The first kappa shape index (κ1) is 16.8. The Morgan fingerprint density at radius 2 is 2.00 bits per heavy atom. The highest BCUT2D eigenvalue weighted by Crippen LogP contribution is 2.28. The molecule has 0 bridgehead atoms. The van der Waals surface area contributed by atoms with Crippen molar-refractivity contribution in [1.29, 1.82) is 0 Å². The van der Waals surface area contributed by atoms with Crippen molar-refractivity contribution in [2.24, 2.45) is 0 Å². The number of hydrogen-bond acceptors (Lipinski definition) is 3. The molecule has 0 radical (unpaired) electrons. The molecule has 0 atom stereocenters. The smallest absolute Gasteiger partial charge is 0.134 e. The average molecular weight is 389 g/mol. The molecule has 5 heteroatoms. The molecule has 0 fully saturated rings. The zero-order valence-electron chi connectivity index (χ0n) is 12.4. The summed E-state index contributed by atoms with van der Waals surface area (Å²) in [5.74, 6) is 0.846. The third-order valence-electron chi connectivity index (χ3n) is 2.82. The van der Waals surface area contributed by atoms with Gasteiger partial charge in [-0.1, -0.05) is 17.7 Å². The van der Waals surface area contributed by atoms with E-state index >= 15 is 0 Å². The number of hydrogen-bond donors (Lipinski definition) is 1. The second-order valence-electron chi connectivity index (χ2n) is 5.86. The molecule has 0 unspecified atom stereocenters. The molecule has 1 heterocycles. The molecule has 21 heavy (non-hydrogen) atoms. The van der Waals surface area contributed by atoms with Crippen LogP contribution in [0.2, 0.25) is 4.34 Å². The monoisotopic (exact) mass is 387 g/mol. The van der Waals surface area contributed by atoms with Crippen LogP contribution in [-0.4, -0.2) is 5.54 Å². The van der Waals surface area contributed by atoms with Crippen molar-refractivity contribution in [2.45, 2.75) is 39.5 Å². The fraction of sp³-hybridized carbons (Fsp3) is 0.375. The van der Waals surface area contributed by atoms with Crippen LogP contribution in [-0.2, 0) is 13.2 Å². The summed E-state index contributed by atoms with van der Waals surface area (Å²) in [7, 11) is 0. The van der Waals surface area contributed by atoms with E-state index in [1.165, 1.54) is 5.56 Å². The van der Waals surface area contributed by atoms with Gasteiger partial charge in [-0.3, -0.25) is 0 Å². The summed E-state index contributed by atoms with van der Waals surface area (Å²) in [5.41, 5.74) is 1.34. The zero-order valence-corrected chi connectivity index (χ0v) is 15.5. The lowest BCUT2D eigenvalue weighted by Crippen LogP contribution is -2.35. The second kappa shape index (κ2) is 7.14. The van der Waals surface area contributed by atoms with Crippen LogP contribution in [0.3, 0.4) is 0 Å². The lowest BCUT2D eigenvalue weighted by molar-refractivity contribution is 0.307. The Kier molecular flexibility index (Phi) is 5.72. The number of benzene rings is 1. The molecule has 2 aromatic rings. The molecular weight excluding hydrogens is 370 g/mol. The normalized spacial score (nSPS) is 11.7. The molecule has 2 rings (SSSR count). The Labute approximate surface area is 143 Å². The molecule has 0 aliphatic heterocycles. The van der Waals surface area contributed by atoms with Gasteiger partial charge in [-0.25, -0.2) is 0 Å². The highest BCUT2D eigenvalue weighted by molar-refractivity contribution is 9.10. The number of ether oxygens (including phenoxy) is 1. The fourth-order valence-corrected chi connectivity index (χ4v) is 3.26. The molecule has 1 N–H and O–H groups in total. The highest BCUT2D eigenvalue weighted by Gasteiger charge is 2.10. The predicted octanol–water partition coefficient (Wildman–Crippen LogP) is 5.63. The van der Waals surface area contributed by atoms with E-state index in [0.717, 1.165) is 26.0 Å². The Morgan fingerprint density at radius 1 is 1.24 bits per heavy atom. The van der Waals surface area contributed by atoms with Gasteiger partial charge in [0.2, 0.25) is 0 Å². The standard InChI is InChI=1S/C16H19BrClNOS/c1-16(2,3)19-9-11-4-6-14(13(17)8-11)20-10-12-5-7-15(18)21-12/h4-8,19H,9-10H2,1-3H3. The van der Waals surface area contributed by atoms with E-state index in [4.69, 9.17) is 16.3 Å². The summed E-state index contributed by atoms with van der Waals surface area (Å²) in [4.78, 5) is 1.12. The van der Waals surface area contributed by atoms with Crippen molar-refractivity contribution in [3.63, 3.8) is 0 Å². The molecule has 0 saturated carbocycles. The minimum absolute atomic E-state index is 0.111. The van der Waals surface area contributed by atoms with Crippen molar-refractivity contribution in [3.8, 4) is 5.75 Å². The van der Waals surface area contributed by atoms with Crippen molar-refractivity contribution in [1.82, 2.24) is 5.32 Å². The van der Waals surface area contributed by atoms with Gasteiger partial charge < -0.3 is 10.1 Å². The van der Waals surface area contributed by atoms with Crippen molar-refractivity contribution in [3.05, 3.63) is 49.6 Å².